The monoisotopic (exact) mass is 310 g/mol. The van der Waals surface area contributed by atoms with Crippen molar-refractivity contribution in [3.8, 4) is 0 Å². The van der Waals surface area contributed by atoms with E-state index in [0.717, 1.165) is 35.7 Å². The Morgan fingerprint density at radius 2 is 1.96 bits per heavy atom. The normalized spacial score (nSPS) is 18.2. The molecule has 1 atom stereocenters. The first-order valence-corrected chi connectivity index (χ1v) is 8.16. The van der Waals surface area contributed by atoms with Crippen LogP contribution in [0, 0.1) is 0 Å². The second-order valence-corrected chi connectivity index (χ2v) is 6.04. The van der Waals surface area contributed by atoms with Crippen LogP contribution in [0.1, 0.15) is 29.6 Å². The smallest absolute Gasteiger partial charge is 0.237 e. The van der Waals surface area contributed by atoms with Crippen molar-refractivity contribution >= 4 is 22.5 Å². The Bertz CT molecular complexity index is 726. The number of fused-ring (bicyclic) bond motifs is 1. The molecule has 1 heterocycles. The van der Waals surface area contributed by atoms with Gasteiger partial charge in [-0.3, -0.25) is 14.5 Å². The van der Waals surface area contributed by atoms with Gasteiger partial charge in [0.05, 0.1) is 6.04 Å². The Kier molecular flexibility index (Phi) is 4.72. The molecule has 3 rings (SSSR count). The van der Waals surface area contributed by atoms with E-state index in [0.29, 0.717) is 13.0 Å². The van der Waals surface area contributed by atoms with E-state index in [1.807, 2.05) is 42.5 Å². The highest BCUT2D eigenvalue weighted by atomic mass is 16.2. The molecule has 1 aliphatic heterocycles. The summed E-state index contributed by atoms with van der Waals surface area (Å²) in [5, 5.41) is 4.94. The molecule has 0 bridgehead atoms. The molecule has 2 aromatic rings. The summed E-state index contributed by atoms with van der Waals surface area (Å²) in [6.45, 7) is 1.53. The number of likely N-dealkylation sites (tertiary alicyclic amines) is 1. The van der Waals surface area contributed by atoms with Crippen molar-refractivity contribution in [1.82, 2.24) is 10.2 Å². The molecule has 0 unspecified atom stereocenters. The van der Waals surface area contributed by atoms with Gasteiger partial charge in [-0.2, -0.15) is 0 Å². The maximum absolute atomic E-state index is 12.5. The minimum Gasteiger partial charge on any atom is -0.358 e. The topological polar surface area (TPSA) is 49.4 Å². The second kappa shape index (κ2) is 6.92. The third-order valence-corrected chi connectivity index (χ3v) is 4.61. The van der Waals surface area contributed by atoms with E-state index >= 15 is 0 Å². The molecular weight excluding hydrogens is 288 g/mol. The van der Waals surface area contributed by atoms with E-state index in [2.05, 4.69) is 10.2 Å². The first-order valence-electron chi connectivity index (χ1n) is 8.16. The zero-order valence-electron chi connectivity index (χ0n) is 13.4. The summed E-state index contributed by atoms with van der Waals surface area (Å²) >= 11 is 0. The molecule has 0 radical (unpaired) electrons. The van der Waals surface area contributed by atoms with E-state index in [9.17, 15) is 9.59 Å². The first-order chi connectivity index (χ1) is 11.2. The molecule has 0 aliphatic carbocycles. The number of nitrogens with one attached hydrogen (secondary N) is 1. The predicted octanol–water partition coefficient (Wildman–Crippen LogP) is 2.62. The molecule has 120 valence electrons. The van der Waals surface area contributed by atoms with Crippen LogP contribution < -0.4 is 5.32 Å². The summed E-state index contributed by atoms with van der Waals surface area (Å²) in [5.74, 6) is 0.193. The Balaban J connectivity index is 1.65. The molecule has 4 nitrogen and oxygen atoms in total. The van der Waals surface area contributed by atoms with Crippen molar-refractivity contribution < 1.29 is 9.59 Å². The number of ketones is 1. The van der Waals surface area contributed by atoms with Gasteiger partial charge in [0, 0.05) is 25.6 Å². The van der Waals surface area contributed by atoms with Crippen LogP contribution >= 0.6 is 0 Å². The number of carbonyl (C=O) groups is 2. The fraction of sp³-hybridized carbons (Fsp3) is 0.368. The van der Waals surface area contributed by atoms with E-state index in [1.165, 1.54) is 0 Å². The summed E-state index contributed by atoms with van der Waals surface area (Å²) in [7, 11) is 1.67. The molecule has 2 aromatic carbocycles. The van der Waals surface area contributed by atoms with Crippen molar-refractivity contribution in [2.45, 2.75) is 25.3 Å². The molecule has 0 saturated carbocycles. The van der Waals surface area contributed by atoms with Crippen molar-refractivity contribution in [3.63, 3.8) is 0 Å². The lowest BCUT2D eigenvalue weighted by molar-refractivity contribution is -0.124. The Labute approximate surface area is 136 Å². The SMILES string of the molecule is CNC(=O)[C@@H]1CCCN1CCC(=O)c1ccc2ccccc2c1. The van der Waals surface area contributed by atoms with Crippen LogP contribution in [0.5, 0.6) is 0 Å². The standard InChI is InChI=1S/C19H22N2O2/c1-20-19(23)17-7-4-11-21(17)12-10-18(22)16-9-8-14-5-2-3-6-15(14)13-16/h2-3,5-6,8-9,13,17H,4,7,10-12H2,1H3,(H,20,23)/t17-/m0/s1. The van der Waals surface area contributed by atoms with Gasteiger partial charge in [-0.25, -0.2) is 0 Å². The zero-order valence-corrected chi connectivity index (χ0v) is 13.4. The summed E-state index contributed by atoms with van der Waals surface area (Å²) in [6, 6.07) is 13.8. The first kappa shape index (κ1) is 15.7. The number of hydrogen-bond acceptors (Lipinski definition) is 3. The van der Waals surface area contributed by atoms with Crippen LogP contribution in [-0.2, 0) is 4.79 Å². The van der Waals surface area contributed by atoms with Gasteiger partial charge in [0.2, 0.25) is 5.91 Å². The lowest BCUT2D eigenvalue weighted by Gasteiger charge is -2.22. The maximum atomic E-state index is 12.5. The number of nitrogens with zero attached hydrogens (tertiary/aromatic N) is 1. The summed E-state index contributed by atoms with van der Waals surface area (Å²) in [5.41, 5.74) is 0.749. The Hall–Kier alpha value is -2.20. The Morgan fingerprint density at radius 1 is 1.17 bits per heavy atom. The maximum Gasteiger partial charge on any atom is 0.237 e. The van der Waals surface area contributed by atoms with Gasteiger partial charge in [-0.05, 0) is 36.2 Å². The largest absolute Gasteiger partial charge is 0.358 e. The van der Waals surface area contributed by atoms with Gasteiger partial charge in [0.1, 0.15) is 0 Å². The van der Waals surface area contributed by atoms with Gasteiger partial charge >= 0.3 is 0 Å². The number of carbonyl (C=O) groups excluding carboxylic acids is 2. The molecule has 0 aromatic heterocycles. The molecule has 1 N–H and O–H groups in total. The molecule has 0 spiro atoms. The van der Waals surface area contributed by atoms with Crippen molar-refractivity contribution in [1.29, 1.82) is 0 Å². The van der Waals surface area contributed by atoms with Crippen LogP contribution in [0.4, 0.5) is 0 Å². The highest BCUT2D eigenvalue weighted by Gasteiger charge is 2.29. The van der Waals surface area contributed by atoms with Crippen LogP contribution in [-0.4, -0.2) is 42.8 Å². The minimum atomic E-state index is -0.0793. The number of hydrogen-bond donors (Lipinski definition) is 1. The minimum absolute atomic E-state index is 0.0562. The zero-order chi connectivity index (χ0) is 16.2. The van der Waals surface area contributed by atoms with Crippen LogP contribution in [0.2, 0.25) is 0 Å². The fourth-order valence-corrected chi connectivity index (χ4v) is 3.31. The number of benzene rings is 2. The molecule has 4 heteroatoms. The predicted molar refractivity (Wildman–Crippen MR) is 91.6 cm³/mol. The van der Waals surface area contributed by atoms with Crippen molar-refractivity contribution in [2.24, 2.45) is 0 Å². The third kappa shape index (κ3) is 3.42. The number of rotatable bonds is 5. The van der Waals surface area contributed by atoms with Gasteiger partial charge < -0.3 is 5.32 Å². The lowest BCUT2D eigenvalue weighted by Crippen LogP contribution is -2.42. The Morgan fingerprint density at radius 3 is 2.74 bits per heavy atom. The molecular formula is C19H22N2O2. The van der Waals surface area contributed by atoms with Crippen molar-refractivity contribution in [3.05, 3.63) is 48.0 Å². The van der Waals surface area contributed by atoms with E-state index < -0.39 is 0 Å². The summed E-state index contributed by atoms with van der Waals surface area (Å²) in [4.78, 5) is 26.4. The molecule has 1 amide bonds. The average molecular weight is 310 g/mol. The molecule has 1 saturated heterocycles. The van der Waals surface area contributed by atoms with Crippen molar-refractivity contribution in [2.75, 3.05) is 20.1 Å². The highest BCUT2D eigenvalue weighted by molar-refractivity contribution is 6.00. The number of likely N-dealkylation sites (N-methyl/N-ethyl adjacent to an activating group) is 1. The molecule has 1 aliphatic rings. The highest BCUT2D eigenvalue weighted by Crippen LogP contribution is 2.20. The fourth-order valence-electron chi connectivity index (χ4n) is 3.31. The molecule has 1 fully saturated rings. The molecule has 23 heavy (non-hydrogen) atoms. The van der Waals surface area contributed by atoms with Gasteiger partial charge in [0.25, 0.3) is 0 Å². The van der Waals surface area contributed by atoms with Gasteiger partial charge in [-0.1, -0.05) is 36.4 Å². The number of Topliss-reactive ketones (excluding diaryl/α,β-unsaturated/α-hetero) is 1. The quantitative estimate of drug-likeness (QED) is 0.864. The summed E-state index contributed by atoms with van der Waals surface area (Å²) < 4.78 is 0. The second-order valence-electron chi connectivity index (χ2n) is 6.04. The summed E-state index contributed by atoms with van der Waals surface area (Å²) in [6.07, 6.45) is 2.35. The lowest BCUT2D eigenvalue weighted by atomic mass is 10.0. The van der Waals surface area contributed by atoms with Gasteiger partial charge in [-0.15, -0.1) is 0 Å². The average Bonchev–Trinajstić information content (AvgIpc) is 3.07. The van der Waals surface area contributed by atoms with Gasteiger partial charge in [0.15, 0.2) is 5.78 Å². The van der Waals surface area contributed by atoms with E-state index in [4.69, 9.17) is 0 Å². The van der Waals surface area contributed by atoms with Crippen LogP contribution in [0.15, 0.2) is 42.5 Å². The van der Waals surface area contributed by atoms with Crippen LogP contribution in [0.25, 0.3) is 10.8 Å². The van der Waals surface area contributed by atoms with Crippen LogP contribution in [0.3, 0.4) is 0 Å². The van der Waals surface area contributed by atoms with E-state index in [-0.39, 0.29) is 17.7 Å². The number of amides is 1. The third-order valence-electron chi connectivity index (χ3n) is 4.61. The van der Waals surface area contributed by atoms with E-state index in [1.54, 1.807) is 7.05 Å².